The first-order valence-corrected chi connectivity index (χ1v) is 8.91. The standard InChI is InChI=1S/C20H30O3/c1-2-3-4-5-6-10-13-18-17(15-16-19(18)21)12-9-7-8-11-14-20(22)23/h6-7,9-10,13,17H,2-5,8,11-12,14-16H2,1H3,(H,22,23)/t17-/m0/s1. The van der Waals surface area contributed by atoms with Crippen LogP contribution in [0.3, 0.4) is 0 Å². The van der Waals surface area contributed by atoms with E-state index in [2.05, 4.69) is 19.1 Å². The van der Waals surface area contributed by atoms with Crippen molar-refractivity contribution in [3.8, 4) is 0 Å². The topological polar surface area (TPSA) is 54.4 Å². The number of ketones is 1. The lowest BCUT2D eigenvalue weighted by Crippen LogP contribution is -2.00. The number of hydrogen-bond acceptors (Lipinski definition) is 2. The maximum absolute atomic E-state index is 12.0. The van der Waals surface area contributed by atoms with Gasteiger partial charge >= 0.3 is 5.97 Å². The van der Waals surface area contributed by atoms with Gasteiger partial charge in [0.1, 0.15) is 0 Å². The second kappa shape index (κ2) is 11.9. The van der Waals surface area contributed by atoms with E-state index in [4.69, 9.17) is 5.11 Å². The summed E-state index contributed by atoms with van der Waals surface area (Å²) < 4.78 is 0. The number of carbonyl (C=O) groups is 2. The summed E-state index contributed by atoms with van der Waals surface area (Å²) >= 11 is 0. The molecule has 1 saturated carbocycles. The summed E-state index contributed by atoms with van der Waals surface area (Å²) in [5.74, 6) is -0.123. The molecule has 23 heavy (non-hydrogen) atoms. The quantitative estimate of drug-likeness (QED) is 0.322. The Bertz CT molecular complexity index is 458. The zero-order valence-electron chi connectivity index (χ0n) is 14.3. The molecule has 0 radical (unpaired) electrons. The molecule has 3 heteroatoms. The van der Waals surface area contributed by atoms with Crippen molar-refractivity contribution >= 4 is 11.8 Å². The van der Waals surface area contributed by atoms with E-state index in [1.807, 2.05) is 18.2 Å². The summed E-state index contributed by atoms with van der Waals surface area (Å²) in [6, 6.07) is 0. The number of carboxylic acids is 1. The third-order valence-electron chi connectivity index (χ3n) is 4.22. The second-order valence-corrected chi connectivity index (χ2v) is 6.20. The first kappa shape index (κ1) is 19.4. The Morgan fingerprint density at radius 2 is 1.96 bits per heavy atom. The van der Waals surface area contributed by atoms with Crippen LogP contribution in [0.2, 0.25) is 0 Å². The number of carboxylic acid groups (broad SMARTS) is 1. The van der Waals surface area contributed by atoms with E-state index >= 15 is 0 Å². The molecule has 128 valence electrons. The molecule has 1 N–H and O–H groups in total. The highest BCUT2D eigenvalue weighted by Crippen LogP contribution is 2.31. The van der Waals surface area contributed by atoms with Crippen molar-refractivity contribution in [1.29, 1.82) is 0 Å². The van der Waals surface area contributed by atoms with Crippen molar-refractivity contribution in [2.24, 2.45) is 5.92 Å². The molecule has 0 aromatic rings. The van der Waals surface area contributed by atoms with E-state index in [1.54, 1.807) is 0 Å². The molecule has 0 unspecified atom stereocenters. The van der Waals surface area contributed by atoms with Crippen molar-refractivity contribution in [3.05, 3.63) is 36.0 Å². The number of allylic oxidation sites excluding steroid dienone is 6. The highest BCUT2D eigenvalue weighted by atomic mass is 16.4. The van der Waals surface area contributed by atoms with E-state index < -0.39 is 5.97 Å². The van der Waals surface area contributed by atoms with Gasteiger partial charge in [0, 0.05) is 12.8 Å². The fraction of sp³-hybridized carbons (Fsp3) is 0.600. The van der Waals surface area contributed by atoms with Crippen molar-refractivity contribution in [2.45, 2.75) is 71.1 Å². The van der Waals surface area contributed by atoms with Gasteiger partial charge in [0.15, 0.2) is 5.78 Å². The lowest BCUT2D eigenvalue weighted by Gasteiger charge is -2.06. The van der Waals surface area contributed by atoms with Crippen LogP contribution in [0.15, 0.2) is 36.0 Å². The maximum Gasteiger partial charge on any atom is 0.303 e. The SMILES string of the molecule is CCCCCC=CC=C1C(=O)CC[C@@H]1CC=CCCCC(=O)O. The van der Waals surface area contributed by atoms with Crippen molar-refractivity contribution in [1.82, 2.24) is 0 Å². The molecule has 0 aromatic heterocycles. The Kier molecular flexibility index (Phi) is 10.0. The Balaban J connectivity index is 2.37. The van der Waals surface area contributed by atoms with Crippen LogP contribution < -0.4 is 0 Å². The summed E-state index contributed by atoms with van der Waals surface area (Å²) in [6.07, 6.45) is 19.3. The lowest BCUT2D eigenvalue weighted by molar-refractivity contribution is -0.137. The minimum atomic E-state index is -0.740. The highest BCUT2D eigenvalue weighted by Gasteiger charge is 2.26. The maximum atomic E-state index is 12.0. The van der Waals surface area contributed by atoms with Gasteiger partial charge in [-0.05, 0) is 50.0 Å². The van der Waals surface area contributed by atoms with Gasteiger partial charge in [0.25, 0.3) is 0 Å². The Labute approximate surface area is 140 Å². The summed E-state index contributed by atoms with van der Waals surface area (Å²) in [5.41, 5.74) is 0.965. The van der Waals surface area contributed by atoms with Crippen molar-refractivity contribution in [2.75, 3.05) is 0 Å². The molecule has 1 rings (SSSR count). The van der Waals surface area contributed by atoms with Gasteiger partial charge in [0.05, 0.1) is 0 Å². The molecule has 0 amide bonds. The summed E-state index contributed by atoms with van der Waals surface area (Å²) in [4.78, 5) is 22.4. The minimum absolute atomic E-state index is 0.222. The number of aliphatic carboxylic acids is 1. The number of Topliss-reactive ketones (excluding diaryl/α,β-unsaturated/α-hetero) is 1. The van der Waals surface area contributed by atoms with E-state index in [0.29, 0.717) is 18.8 Å². The Hall–Kier alpha value is -1.64. The molecule has 1 aliphatic carbocycles. The fourth-order valence-corrected chi connectivity index (χ4v) is 2.84. The van der Waals surface area contributed by atoms with Gasteiger partial charge in [-0.2, -0.15) is 0 Å². The predicted molar refractivity (Wildman–Crippen MR) is 94.3 cm³/mol. The smallest absolute Gasteiger partial charge is 0.303 e. The minimum Gasteiger partial charge on any atom is -0.481 e. The van der Waals surface area contributed by atoms with Crippen molar-refractivity contribution in [3.63, 3.8) is 0 Å². The average molecular weight is 318 g/mol. The molecular weight excluding hydrogens is 288 g/mol. The molecule has 1 aliphatic rings. The van der Waals surface area contributed by atoms with Crippen LogP contribution in [0, 0.1) is 5.92 Å². The average Bonchev–Trinajstić information content (AvgIpc) is 2.86. The summed E-state index contributed by atoms with van der Waals surface area (Å²) in [5, 5.41) is 8.58. The number of unbranched alkanes of at least 4 members (excludes halogenated alkanes) is 4. The zero-order chi connectivity index (χ0) is 16.9. The highest BCUT2D eigenvalue weighted by molar-refractivity contribution is 5.98. The van der Waals surface area contributed by atoms with Crippen LogP contribution in [-0.4, -0.2) is 16.9 Å². The molecule has 0 aliphatic heterocycles. The molecule has 3 nitrogen and oxygen atoms in total. The van der Waals surface area contributed by atoms with Gasteiger partial charge in [-0.1, -0.05) is 50.1 Å². The van der Waals surface area contributed by atoms with Crippen LogP contribution in [0.25, 0.3) is 0 Å². The molecule has 0 spiro atoms. The molecule has 1 fully saturated rings. The monoisotopic (exact) mass is 318 g/mol. The van der Waals surface area contributed by atoms with Crippen LogP contribution >= 0.6 is 0 Å². The predicted octanol–water partition coefficient (Wildman–Crippen LogP) is 5.23. The second-order valence-electron chi connectivity index (χ2n) is 6.20. The Morgan fingerprint density at radius 1 is 1.17 bits per heavy atom. The summed E-state index contributed by atoms with van der Waals surface area (Å²) in [7, 11) is 0. The molecule has 0 aromatic carbocycles. The van der Waals surface area contributed by atoms with Gasteiger partial charge in [0.2, 0.25) is 0 Å². The summed E-state index contributed by atoms with van der Waals surface area (Å²) in [6.45, 7) is 2.20. The largest absolute Gasteiger partial charge is 0.481 e. The number of carbonyl (C=O) groups excluding carboxylic acids is 1. The number of hydrogen-bond donors (Lipinski definition) is 1. The van der Waals surface area contributed by atoms with E-state index in [9.17, 15) is 9.59 Å². The van der Waals surface area contributed by atoms with E-state index in [0.717, 1.165) is 31.3 Å². The third kappa shape index (κ3) is 8.53. The fourth-order valence-electron chi connectivity index (χ4n) is 2.84. The van der Waals surface area contributed by atoms with Crippen LogP contribution in [0.1, 0.15) is 71.1 Å². The molecular formula is C20H30O3. The Morgan fingerprint density at radius 3 is 2.70 bits per heavy atom. The normalized spacial score (nSPS) is 20.3. The first-order valence-electron chi connectivity index (χ1n) is 8.91. The van der Waals surface area contributed by atoms with Crippen LogP contribution in [-0.2, 0) is 9.59 Å². The van der Waals surface area contributed by atoms with Crippen LogP contribution in [0.5, 0.6) is 0 Å². The van der Waals surface area contributed by atoms with E-state index in [1.165, 1.54) is 19.3 Å². The van der Waals surface area contributed by atoms with E-state index in [-0.39, 0.29) is 12.2 Å². The molecule has 1 atom stereocenters. The zero-order valence-corrected chi connectivity index (χ0v) is 14.3. The van der Waals surface area contributed by atoms with Gasteiger partial charge in [-0.3, -0.25) is 9.59 Å². The molecule has 0 heterocycles. The third-order valence-corrected chi connectivity index (χ3v) is 4.22. The van der Waals surface area contributed by atoms with Crippen molar-refractivity contribution < 1.29 is 14.7 Å². The number of rotatable bonds is 11. The van der Waals surface area contributed by atoms with Crippen LogP contribution in [0.4, 0.5) is 0 Å². The van der Waals surface area contributed by atoms with Gasteiger partial charge in [-0.25, -0.2) is 0 Å². The molecule has 0 saturated heterocycles. The first-order chi connectivity index (χ1) is 11.1. The van der Waals surface area contributed by atoms with Gasteiger partial charge < -0.3 is 5.11 Å². The molecule has 0 bridgehead atoms. The lowest BCUT2D eigenvalue weighted by atomic mass is 9.97. The van der Waals surface area contributed by atoms with Gasteiger partial charge in [-0.15, -0.1) is 0 Å².